The molecule has 0 aromatic rings. The van der Waals surface area contributed by atoms with Crippen molar-refractivity contribution in [1.29, 1.82) is 0 Å². The minimum atomic E-state index is -1.40. The van der Waals surface area contributed by atoms with Crippen LogP contribution in [0.15, 0.2) is 11.8 Å². The van der Waals surface area contributed by atoms with Crippen molar-refractivity contribution in [2.24, 2.45) is 11.8 Å². The van der Waals surface area contributed by atoms with E-state index in [0.29, 0.717) is 37.6 Å². The maximum Gasteiger partial charge on any atom is 0.415 e. The molecule has 0 spiro atoms. The Bertz CT molecular complexity index is 811. The number of carbonyl (C=O) groups excluding carboxylic acids is 2. The second-order valence-electron chi connectivity index (χ2n) is 10.9. The maximum atomic E-state index is 13.7. The van der Waals surface area contributed by atoms with E-state index in [1.54, 1.807) is 6.26 Å². The van der Waals surface area contributed by atoms with E-state index < -0.39 is 48.0 Å². The number of likely N-dealkylation sites (N-methyl/N-ethyl adjacent to an activating group) is 1. The maximum absolute atomic E-state index is 13.7. The molecule has 4 N–H and O–H groups in total. The lowest BCUT2D eigenvalue weighted by Gasteiger charge is -2.45. The van der Waals surface area contributed by atoms with Crippen molar-refractivity contribution < 1.29 is 34.4 Å². The number of nitrogens with one attached hydrogen (secondary N) is 1. The van der Waals surface area contributed by atoms with Gasteiger partial charge in [-0.2, -0.15) is 0 Å². The Morgan fingerprint density at radius 3 is 2.54 bits per heavy atom. The summed E-state index contributed by atoms with van der Waals surface area (Å²) < 4.78 is 11.7. The minimum absolute atomic E-state index is 0.145. The molecule has 2 saturated heterocycles. The molecule has 2 fully saturated rings. The normalized spacial score (nSPS) is 34.1. The average Bonchev–Trinajstić information content (AvgIpc) is 2.87. The number of aliphatic hydroxyl groups is 3. The molecule has 10 nitrogen and oxygen atoms in total. The fourth-order valence-electron chi connectivity index (χ4n) is 5.45. The van der Waals surface area contributed by atoms with Crippen molar-refractivity contribution in [2.75, 3.05) is 32.9 Å². The standard InChI is InChI=1S/C26H45N3O7S/c1-6-7-16-8-13-29(26(34)35-17-9-11-28(4)12-10-17)18(14-16)24(33)27-19(15(2)3)23-21(31)20(30)22(32)25(36-23)37-5/h9,15-16,18-23,25,30-32H,6-8,10-14H2,1-5H3,(H,27,33)/t16-,18+,19-,20+,21-,22-,23-,25-/m1/s1. The van der Waals surface area contributed by atoms with Crippen LogP contribution in [0.4, 0.5) is 4.79 Å². The monoisotopic (exact) mass is 543 g/mol. The van der Waals surface area contributed by atoms with Crippen LogP contribution < -0.4 is 5.32 Å². The molecule has 0 aromatic heterocycles. The Kier molecular flexibility index (Phi) is 11.1. The van der Waals surface area contributed by atoms with Gasteiger partial charge in [0, 0.05) is 26.1 Å². The van der Waals surface area contributed by atoms with Gasteiger partial charge < -0.3 is 35.0 Å². The van der Waals surface area contributed by atoms with Crippen molar-refractivity contribution in [3.05, 3.63) is 11.8 Å². The third kappa shape index (κ3) is 7.39. The predicted octanol–water partition coefficient (Wildman–Crippen LogP) is 1.53. The van der Waals surface area contributed by atoms with Gasteiger partial charge in [0.25, 0.3) is 0 Å². The molecular formula is C26H45N3O7S. The third-order valence-electron chi connectivity index (χ3n) is 7.75. The largest absolute Gasteiger partial charge is 0.415 e. The number of amides is 2. The highest BCUT2D eigenvalue weighted by Gasteiger charge is 2.48. The quantitative estimate of drug-likeness (QED) is 0.360. The fraction of sp³-hybridized carbons (Fsp3) is 0.846. The first-order valence-electron chi connectivity index (χ1n) is 13.5. The number of hydrogen-bond donors (Lipinski definition) is 4. The molecule has 3 rings (SSSR count). The van der Waals surface area contributed by atoms with Gasteiger partial charge in [-0.1, -0.05) is 33.6 Å². The average molecular weight is 544 g/mol. The summed E-state index contributed by atoms with van der Waals surface area (Å²) in [5, 5.41) is 34.4. The molecule has 3 aliphatic rings. The molecule has 3 heterocycles. The lowest BCUT2D eigenvalue weighted by atomic mass is 9.86. The van der Waals surface area contributed by atoms with E-state index in [1.807, 2.05) is 27.0 Å². The van der Waals surface area contributed by atoms with Gasteiger partial charge in [0.1, 0.15) is 41.7 Å². The van der Waals surface area contributed by atoms with Crippen LogP contribution in [-0.4, -0.2) is 112 Å². The molecule has 0 unspecified atom stereocenters. The highest BCUT2D eigenvalue weighted by molar-refractivity contribution is 7.99. The Labute approximate surface area is 224 Å². The number of likely N-dealkylation sites (tertiary alicyclic amines) is 1. The summed E-state index contributed by atoms with van der Waals surface area (Å²) in [4.78, 5) is 30.6. The van der Waals surface area contributed by atoms with Crippen LogP contribution in [0.5, 0.6) is 0 Å². The number of aliphatic hydroxyl groups excluding tert-OH is 3. The predicted molar refractivity (Wildman–Crippen MR) is 142 cm³/mol. The molecular weight excluding hydrogens is 498 g/mol. The molecule has 2 amide bonds. The van der Waals surface area contributed by atoms with Crippen LogP contribution in [0.2, 0.25) is 0 Å². The highest BCUT2D eigenvalue weighted by Crippen LogP contribution is 2.32. The van der Waals surface area contributed by atoms with Crippen molar-refractivity contribution in [3.8, 4) is 0 Å². The summed E-state index contributed by atoms with van der Waals surface area (Å²) in [6.45, 7) is 7.85. The van der Waals surface area contributed by atoms with Gasteiger partial charge in [-0.25, -0.2) is 4.79 Å². The SMILES string of the molecule is CCC[C@@H]1CCN(C(=O)OC2=CCN(C)CC2)[C@H](C(=O)N[C@H](C(C)C)[C@H]2O[C@H](SC)[C@H](O)[C@@H](O)[C@H]2O)C1. The van der Waals surface area contributed by atoms with E-state index in [2.05, 4.69) is 17.1 Å². The van der Waals surface area contributed by atoms with Gasteiger partial charge >= 0.3 is 6.09 Å². The lowest BCUT2D eigenvalue weighted by molar-refractivity contribution is -0.208. The van der Waals surface area contributed by atoms with Gasteiger partial charge in [-0.05, 0) is 44.1 Å². The number of hydrogen-bond acceptors (Lipinski definition) is 9. The second-order valence-corrected chi connectivity index (χ2v) is 11.8. The summed E-state index contributed by atoms with van der Waals surface area (Å²) >= 11 is 1.23. The smallest absolute Gasteiger partial charge is 0.415 e. The zero-order valence-corrected chi connectivity index (χ0v) is 23.5. The van der Waals surface area contributed by atoms with E-state index in [9.17, 15) is 24.9 Å². The number of ether oxygens (including phenoxy) is 2. The Morgan fingerprint density at radius 1 is 1.22 bits per heavy atom. The number of thioether (sulfide) groups is 1. The first kappa shape index (κ1) is 30.2. The van der Waals surface area contributed by atoms with Gasteiger partial charge in [-0.15, -0.1) is 11.8 Å². The van der Waals surface area contributed by atoms with Crippen LogP contribution >= 0.6 is 11.8 Å². The number of piperidine rings is 1. The topological polar surface area (TPSA) is 132 Å². The van der Waals surface area contributed by atoms with Crippen LogP contribution in [0.1, 0.15) is 52.9 Å². The van der Waals surface area contributed by atoms with Crippen molar-refractivity contribution in [1.82, 2.24) is 15.1 Å². The van der Waals surface area contributed by atoms with Crippen LogP contribution in [0.25, 0.3) is 0 Å². The van der Waals surface area contributed by atoms with Crippen molar-refractivity contribution in [2.45, 2.75) is 94.8 Å². The van der Waals surface area contributed by atoms with Crippen LogP contribution in [0, 0.1) is 11.8 Å². The summed E-state index contributed by atoms with van der Waals surface area (Å²) in [7, 11) is 2.01. The molecule has 0 aliphatic carbocycles. The van der Waals surface area contributed by atoms with E-state index >= 15 is 0 Å². The van der Waals surface area contributed by atoms with E-state index in [1.165, 1.54) is 16.7 Å². The zero-order valence-electron chi connectivity index (χ0n) is 22.7. The Balaban J connectivity index is 1.77. The molecule has 3 aliphatic heterocycles. The molecule has 11 heteroatoms. The molecule has 8 atom stereocenters. The summed E-state index contributed by atoms with van der Waals surface area (Å²) in [6, 6.07) is -1.35. The second kappa shape index (κ2) is 13.6. The number of rotatable bonds is 8. The molecule has 0 bridgehead atoms. The molecule has 212 valence electrons. The third-order valence-corrected chi connectivity index (χ3v) is 8.61. The molecule has 0 radical (unpaired) electrons. The van der Waals surface area contributed by atoms with Crippen molar-refractivity contribution in [3.63, 3.8) is 0 Å². The molecule has 37 heavy (non-hydrogen) atoms. The van der Waals surface area contributed by atoms with E-state index in [-0.39, 0.29) is 11.8 Å². The first-order chi connectivity index (χ1) is 17.6. The summed E-state index contributed by atoms with van der Waals surface area (Å²) in [5.74, 6) is 0.478. The fourth-order valence-corrected chi connectivity index (χ4v) is 6.12. The Hall–Kier alpha value is -1.37. The Morgan fingerprint density at radius 2 is 1.95 bits per heavy atom. The zero-order chi connectivity index (χ0) is 27.3. The summed E-state index contributed by atoms with van der Waals surface area (Å²) in [6.07, 6.45) is 2.17. The molecule has 0 aromatic carbocycles. The van der Waals surface area contributed by atoms with Gasteiger partial charge in [0.05, 0.1) is 6.04 Å². The van der Waals surface area contributed by atoms with Crippen molar-refractivity contribution >= 4 is 23.8 Å². The number of carbonyl (C=O) groups is 2. The first-order valence-corrected chi connectivity index (χ1v) is 14.7. The minimum Gasteiger partial charge on any atom is -0.415 e. The molecule has 0 saturated carbocycles. The van der Waals surface area contributed by atoms with Crippen LogP contribution in [-0.2, 0) is 14.3 Å². The highest BCUT2D eigenvalue weighted by atomic mass is 32.2. The van der Waals surface area contributed by atoms with E-state index in [4.69, 9.17) is 9.47 Å². The van der Waals surface area contributed by atoms with E-state index in [0.717, 1.165) is 25.8 Å². The van der Waals surface area contributed by atoms with Gasteiger partial charge in [-0.3, -0.25) is 9.69 Å². The lowest BCUT2D eigenvalue weighted by Crippen LogP contribution is -2.65. The van der Waals surface area contributed by atoms with Gasteiger partial charge in [0.15, 0.2) is 0 Å². The summed E-state index contributed by atoms with van der Waals surface area (Å²) in [5.41, 5.74) is -0.737. The van der Waals surface area contributed by atoms with Crippen LogP contribution in [0.3, 0.4) is 0 Å². The number of nitrogens with zero attached hydrogens (tertiary/aromatic N) is 2. The van der Waals surface area contributed by atoms with Gasteiger partial charge in [0.2, 0.25) is 5.91 Å².